The SMILES string of the molecule is Cc1ccc2c(c1)C(=O)C(=O)N2[C@@H]1O[C@H](COC(=O)c2ccccc2)[C@@H](OC(=O)c2ccccc2)[C@H]1OC(=O)c1ccccc1. The van der Waals surface area contributed by atoms with Gasteiger partial charge in [0, 0.05) is 0 Å². The Morgan fingerprint density at radius 1 is 0.689 bits per heavy atom. The lowest BCUT2D eigenvalue weighted by Gasteiger charge is -2.29. The molecule has 10 nitrogen and oxygen atoms in total. The highest BCUT2D eigenvalue weighted by atomic mass is 16.7. The van der Waals surface area contributed by atoms with Gasteiger partial charge in [0.1, 0.15) is 12.7 Å². The van der Waals surface area contributed by atoms with Gasteiger partial charge in [-0.05, 0) is 55.5 Å². The molecule has 4 atom stereocenters. The fourth-order valence-corrected chi connectivity index (χ4v) is 5.29. The van der Waals surface area contributed by atoms with E-state index in [1.165, 1.54) is 0 Å². The van der Waals surface area contributed by atoms with Gasteiger partial charge in [0.05, 0.1) is 27.9 Å². The van der Waals surface area contributed by atoms with Crippen LogP contribution in [0.1, 0.15) is 47.0 Å². The number of amides is 1. The molecule has 10 heteroatoms. The van der Waals surface area contributed by atoms with Crippen LogP contribution >= 0.6 is 0 Å². The summed E-state index contributed by atoms with van der Waals surface area (Å²) in [5.74, 6) is -3.87. The molecule has 1 saturated heterocycles. The maximum Gasteiger partial charge on any atom is 0.338 e. The van der Waals surface area contributed by atoms with Gasteiger partial charge >= 0.3 is 23.8 Å². The summed E-state index contributed by atoms with van der Waals surface area (Å²) in [6.07, 6.45) is -5.38. The number of ketones is 1. The van der Waals surface area contributed by atoms with E-state index >= 15 is 0 Å². The van der Waals surface area contributed by atoms with Gasteiger partial charge in [-0.25, -0.2) is 14.4 Å². The molecular formula is C35H27NO9. The van der Waals surface area contributed by atoms with Crippen molar-refractivity contribution in [3.8, 4) is 0 Å². The number of Topliss-reactive ketones (excluding diaryl/α,β-unsaturated/α-hetero) is 1. The van der Waals surface area contributed by atoms with Gasteiger partial charge in [-0.1, -0.05) is 66.2 Å². The average molecular weight is 606 g/mol. The summed E-state index contributed by atoms with van der Waals surface area (Å²) in [5, 5.41) is 0. The summed E-state index contributed by atoms with van der Waals surface area (Å²) >= 11 is 0. The van der Waals surface area contributed by atoms with Crippen molar-refractivity contribution in [2.75, 3.05) is 11.5 Å². The molecule has 4 aromatic rings. The lowest BCUT2D eigenvalue weighted by molar-refractivity contribution is -0.118. The van der Waals surface area contributed by atoms with Crippen LogP contribution in [0.15, 0.2) is 109 Å². The molecule has 0 aromatic heterocycles. The predicted molar refractivity (Wildman–Crippen MR) is 160 cm³/mol. The first-order valence-electron chi connectivity index (χ1n) is 14.2. The number of fused-ring (bicyclic) bond motifs is 1. The van der Waals surface area contributed by atoms with E-state index in [4.69, 9.17) is 18.9 Å². The monoisotopic (exact) mass is 605 g/mol. The first-order valence-corrected chi connectivity index (χ1v) is 14.2. The Morgan fingerprint density at radius 2 is 1.20 bits per heavy atom. The van der Waals surface area contributed by atoms with Crippen molar-refractivity contribution in [2.24, 2.45) is 0 Å². The van der Waals surface area contributed by atoms with Crippen LogP contribution in [0.3, 0.4) is 0 Å². The molecule has 2 heterocycles. The molecule has 0 radical (unpaired) electrons. The largest absolute Gasteiger partial charge is 0.459 e. The Balaban J connectivity index is 1.38. The number of carbonyl (C=O) groups is 5. The molecule has 0 saturated carbocycles. The number of hydrogen-bond donors (Lipinski definition) is 0. The summed E-state index contributed by atoms with van der Waals surface area (Å²) in [6, 6.07) is 29.4. The molecular weight excluding hydrogens is 578 g/mol. The minimum Gasteiger partial charge on any atom is -0.459 e. The molecule has 0 spiro atoms. The van der Waals surface area contributed by atoms with Crippen molar-refractivity contribution in [1.82, 2.24) is 0 Å². The molecule has 0 unspecified atom stereocenters. The van der Waals surface area contributed by atoms with Crippen molar-refractivity contribution in [3.63, 3.8) is 0 Å². The number of rotatable bonds is 8. The Kier molecular flexibility index (Phi) is 8.22. The topological polar surface area (TPSA) is 126 Å². The van der Waals surface area contributed by atoms with Crippen molar-refractivity contribution in [2.45, 2.75) is 31.5 Å². The summed E-state index contributed by atoms with van der Waals surface area (Å²) in [6.45, 7) is 1.36. The molecule has 0 bridgehead atoms. The zero-order valence-corrected chi connectivity index (χ0v) is 24.0. The van der Waals surface area contributed by atoms with Crippen LogP contribution in [0.5, 0.6) is 0 Å². The van der Waals surface area contributed by atoms with E-state index in [0.717, 1.165) is 10.5 Å². The minimum absolute atomic E-state index is 0.161. The summed E-state index contributed by atoms with van der Waals surface area (Å²) < 4.78 is 23.6. The first kappa shape index (κ1) is 29.5. The Morgan fingerprint density at radius 3 is 1.76 bits per heavy atom. The molecule has 1 amide bonds. The van der Waals surface area contributed by atoms with Crippen molar-refractivity contribution in [1.29, 1.82) is 0 Å². The highest BCUT2D eigenvalue weighted by Crippen LogP contribution is 2.38. The van der Waals surface area contributed by atoms with E-state index in [0.29, 0.717) is 0 Å². The number of aryl methyl sites for hydroxylation is 1. The highest BCUT2D eigenvalue weighted by Gasteiger charge is 2.56. The summed E-state index contributed by atoms with van der Waals surface area (Å²) in [7, 11) is 0. The highest BCUT2D eigenvalue weighted by molar-refractivity contribution is 6.52. The Labute approximate surface area is 258 Å². The smallest absolute Gasteiger partial charge is 0.338 e. The van der Waals surface area contributed by atoms with Crippen LogP contribution in [0, 0.1) is 6.92 Å². The molecule has 45 heavy (non-hydrogen) atoms. The first-order chi connectivity index (χ1) is 21.8. The second-order valence-electron chi connectivity index (χ2n) is 10.5. The van der Waals surface area contributed by atoms with E-state index in [1.807, 2.05) is 0 Å². The lowest BCUT2D eigenvalue weighted by Crippen LogP contribution is -2.49. The standard InChI is InChI=1S/C35H27NO9/c1-21-17-18-26-25(19-21)28(37)31(38)36(26)32-30(45-35(41)24-15-9-4-10-16-24)29(44-34(40)23-13-7-3-8-14-23)27(43-32)20-42-33(39)22-11-5-2-6-12-22/h2-19,27,29-30,32H,20H2,1H3/t27-,29-,30-,32-/m1/s1. The van der Waals surface area contributed by atoms with Gasteiger partial charge in [0.2, 0.25) is 0 Å². The van der Waals surface area contributed by atoms with Gasteiger partial charge < -0.3 is 18.9 Å². The van der Waals surface area contributed by atoms with Crippen LogP contribution in [-0.4, -0.2) is 60.7 Å². The number of anilines is 1. The van der Waals surface area contributed by atoms with Gasteiger partial charge in [-0.3, -0.25) is 14.5 Å². The van der Waals surface area contributed by atoms with Gasteiger partial charge in [-0.15, -0.1) is 0 Å². The van der Waals surface area contributed by atoms with E-state index in [9.17, 15) is 24.0 Å². The average Bonchev–Trinajstić information content (AvgIpc) is 3.52. The Bertz CT molecular complexity index is 1760. The van der Waals surface area contributed by atoms with Crippen LogP contribution in [0.4, 0.5) is 5.69 Å². The Hall–Kier alpha value is -5.61. The van der Waals surface area contributed by atoms with Crippen LogP contribution in [0.25, 0.3) is 0 Å². The molecule has 0 N–H and O–H groups in total. The van der Waals surface area contributed by atoms with E-state index in [1.54, 1.807) is 116 Å². The van der Waals surface area contributed by atoms with Crippen molar-refractivity contribution < 1.29 is 42.9 Å². The van der Waals surface area contributed by atoms with Gasteiger partial charge in [0.15, 0.2) is 18.4 Å². The molecule has 226 valence electrons. The van der Waals surface area contributed by atoms with Crippen LogP contribution in [-0.2, 0) is 23.7 Å². The lowest BCUT2D eigenvalue weighted by atomic mass is 10.1. The normalized spacial score (nSPS) is 20.4. The van der Waals surface area contributed by atoms with Gasteiger partial charge in [0.25, 0.3) is 5.78 Å². The molecule has 1 fully saturated rings. The number of nitrogens with zero attached hydrogens (tertiary/aromatic N) is 1. The number of ether oxygens (including phenoxy) is 4. The quantitative estimate of drug-likeness (QED) is 0.161. The maximum absolute atomic E-state index is 13.4. The zero-order valence-electron chi connectivity index (χ0n) is 24.0. The third-order valence-corrected chi connectivity index (χ3v) is 7.50. The number of carbonyl (C=O) groups excluding carboxylic acids is 5. The third-order valence-electron chi connectivity index (χ3n) is 7.50. The molecule has 6 rings (SSSR count). The number of hydrogen-bond acceptors (Lipinski definition) is 9. The van der Waals surface area contributed by atoms with Crippen LogP contribution in [0.2, 0.25) is 0 Å². The van der Waals surface area contributed by atoms with Gasteiger partial charge in [-0.2, -0.15) is 0 Å². The minimum atomic E-state index is -1.42. The number of esters is 3. The molecule has 2 aliphatic heterocycles. The second kappa shape index (κ2) is 12.6. The van der Waals surface area contributed by atoms with Crippen molar-refractivity contribution >= 4 is 35.3 Å². The van der Waals surface area contributed by atoms with E-state index in [-0.39, 0.29) is 27.9 Å². The zero-order chi connectivity index (χ0) is 31.5. The molecule has 2 aliphatic rings. The molecule has 4 aromatic carbocycles. The fourth-order valence-electron chi connectivity index (χ4n) is 5.29. The second-order valence-corrected chi connectivity index (χ2v) is 10.5. The maximum atomic E-state index is 13.4. The summed E-state index contributed by atoms with van der Waals surface area (Å²) in [4.78, 5) is 67.1. The van der Waals surface area contributed by atoms with E-state index in [2.05, 4.69) is 0 Å². The third kappa shape index (κ3) is 5.96. The molecule has 0 aliphatic carbocycles. The van der Waals surface area contributed by atoms with E-state index < -0.39 is 60.7 Å². The summed E-state index contributed by atoms with van der Waals surface area (Å²) in [5.41, 5.74) is 1.86. The predicted octanol–water partition coefficient (Wildman–Crippen LogP) is 4.56. The fraction of sp³-hybridized carbons (Fsp3) is 0.171. The van der Waals surface area contributed by atoms with Crippen LogP contribution < -0.4 is 4.90 Å². The number of benzene rings is 4. The van der Waals surface area contributed by atoms with Crippen molar-refractivity contribution in [3.05, 3.63) is 137 Å².